The molecular formula is C16H13ClO4. The van der Waals surface area contributed by atoms with Crippen LogP contribution in [0.25, 0.3) is 0 Å². The van der Waals surface area contributed by atoms with Crippen molar-refractivity contribution in [2.24, 2.45) is 0 Å². The van der Waals surface area contributed by atoms with Crippen molar-refractivity contribution in [1.29, 1.82) is 0 Å². The molecule has 0 spiro atoms. The van der Waals surface area contributed by atoms with Crippen molar-refractivity contribution in [3.63, 3.8) is 0 Å². The first-order chi connectivity index (χ1) is 9.99. The number of carboxylic acid groups (broad SMARTS) is 1. The van der Waals surface area contributed by atoms with Crippen molar-refractivity contribution < 1.29 is 19.4 Å². The van der Waals surface area contributed by atoms with Crippen molar-refractivity contribution in [1.82, 2.24) is 0 Å². The fraction of sp³-hybridized carbons (Fsp3) is 0.125. The maximum absolute atomic E-state index is 11.3. The van der Waals surface area contributed by atoms with Gasteiger partial charge in [-0.3, -0.25) is 4.79 Å². The molecule has 0 bridgehead atoms. The quantitative estimate of drug-likeness (QED) is 0.853. The Morgan fingerprint density at radius 1 is 1.19 bits per heavy atom. The molecule has 21 heavy (non-hydrogen) atoms. The third kappa shape index (κ3) is 3.61. The normalized spacial score (nSPS) is 10.2. The highest BCUT2D eigenvalue weighted by atomic mass is 35.5. The number of aromatic carboxylic acids is 1. The third-order valence-corrected chi connectivity index (χ3v) is 3.33. The second-order valence-electron chi connectivity index (χ2n) is 4.45. The maximum Gasteiger partial charge on any atom is 0.339 e. The van der Waals surface area contributed by atoms with Gasteiger partial charge in [-0.1, -0.05) is 29.8 Å². The molecule has 0 radical (unpaired) electrons. The summed E-state index contributed by atoms with van der Waals surface area (Å²) in [6.07, 6.45) is 0. The number of carbonyl (C=O) groups is 2. The van der Waals surface area contributed by atoms with Gasteiger partial charge in [-0.15, -0.1) is 0 Å². The molecular weight excluding hydrogens is 292 g/mol. The molecule has 0 amide bonds. The monoisotopic (exact) mass is 304 g/mol. The van der Waals surface area contributed by atoms with Gasteiger partial charge in [0.15, 0.2) is 5.78 Å². The molecule has 0 aliphatic carbocycles. The molecule has 0 atom stereocenters. The van der Waals surface area contributed by atoms with E-state index in [1.165, 1.54) is 25.1 Å². The third-order valence-electron chi connectivity index (χ3n) is 2.96. The Bertz CT molecular complexity index is 694. The van der Waals surface area contributed by atoms with Gasteiger partial charge in [0.1, 0.15) is 17.9 Å². The average Bonchev–Trinajstić information content (AvgIpc) is 2.46. The summed E-state index contributed by atoms with van der Waals surface area (Å²) >= 11 is 6.02. The molecule has 0 fully saturated rings. The van der Waals surface area contributed by atoms with E-state index in [4.69, 9.17) is 16.3 Å². The molecule has 5 heteroatoms. The number of ketones is 1. The molecule has 0 heterocycles. The first-order valence-corrected chi connectivity index (χ1v) is 6.61. The largest absolute Gasteiger partial charge is 0.488 e. The summed E-state index contributed by atoms with van der Waals surface area (Å²) in [5.41, 5.74) is 1.04. The highest BCUT2D eigenvalue weighted by molar-refractivity contribution is 6.31. The van der Waals surface area contributed by atoms with E-state index >= 15 is 0 Å². The van der Waals surface area contributed by atoms with E-state index in [0.717, 1.165) is 5.56 Å². The van der Waals surface area contributed by atoms with Crippen molar-refractivity contribution >= 4 is 23.4 Å². The van der Waals surface area contributed by atoms with Gasteiger partial charge in [0.05, 0.1) is 0 Å². The molecule has 2 aromatic rings. The van der Waals surface area contributed by atoms with Crippen molar-refractivity contribution in [2.45, 2.75) is 13.5 Å². The molecule has 108 valence electrons. The smallest absolute Gasteiger partial charge is 0.339 e. The lowest BCUT2D eigenvalue weighted by molar-refractivity contribution is 0.0691. The van der Waals surface area contributed by atoms with Crippen LogP contribution in [-0.4, -0.2) is 16.9 Å². The predicted molar refractivity (Wildman–Crippen MR) is 79.2 cm³/mol. The van der Waals surface area contributed by atoms with Crippen LogP contribution in [0.3, 0.4) is 0 Å². The molecule has 0 aromatic heterocycles. The Hall–Kier alpha value is -2.33. The standard InChI is InChI=1S/C16H13ClO4/c1-10(18)11-6-7-15(13(8-11)16(19)20)21-9-12-4-2-3-5-14(12)17/h2-8H,9H2,1H3,(H,19,20). The lowest BCUT2D eigenvalue weighted by Gasteiger charge is -2.11. The zero-order chi connectivity index (χ0) is 15.4. The van der Waals surface area contributed by atoms with Crippen LogP contribution in [0.1, 0.15) is 33.2 Å². The van der Waals surface area contributed by atoms with Crippen LogP contribution in [0, 0.1) is 0 Å². The first kappa shape index (κ1) is 15.1. The van der Waals surface area contributed by atoms with Gasteiger partial charge in [-0.25, -0.2) is 4.79 Å². The lowest BCUT2D eigenvalue weighted by atomic mass is 10.1. The van der Waals surface area contributed by atoms with Gasteiger partial charge in [-0.2, -0.15) is 0 Å². The number of halogens is 1. The summed E-state index contributed by atoms with van der Waals surface area (Å²) in [6.45, 7) is 1.53. The Morgan fingerprint density at radius 3 is 2.52 bits per heavy atom. The number of carboxylic acids is 1. The van der Waals surface area contributed by atoms with E-state index in [1.807, 2.05) is 6.07 Å². The maximum atomic E-state index is 11.3. The Kier molecular flexibility index (Phi) is 4.60. The van der Waals surface area contributed by atoms with Crippen LogP contribution in [0.2, 0.25) is 5.02 Å². The molecule has 1 N–H and O–H groups in total. The molecule has 0 aliphatic rings. The summed E-state index contributed by atoms with van der Waals surface area (Å²) in [6, 6.07) is 11.5. The minimum atomic E-state index is -1.15. The summed E-state index contributed by atoms with van der Waals surface area (Å²) < 4.78 is 5.52. The lowest BCUT2D eigenvalue weighted by Crippen LogP contribution is -2.06. The number of ether oxygens (including phenoxy) is 1. The first-order valence-electron chi connectivity index (χ1n) is 6.23. The van der Waals surface area contributed by atoms with Crippen molar-refractivity contribution in [2.75, 3.05) is 0 Å². The summed E-state index contributed by atoms with van der Waals surface area (Å²) in [5, 5.41) is 9.76. The number of rotatable bonds is 5. The highest BCUT2D eigenvalue weighted by Crippen LogP contribution is 2.23. The number of benzene rings is 2. The molecule has 0 aliphatic heterocycles. The van der Waals surface area contributed by atoms with Crippen molar-refractivity contribution in [3.05, 3.63) is 64.2 Å². The molecule has 4 nitrogen and oxygen atoms in total. The summed E-state index contributed by atoms with van der Waals surface area (Å²) in [5.74, 6) is -1.14. The Balaban J connectivity index is 2.26. The Labute approximate surface area is 126 Å². The van der Waals surface area contributed by atoms with Gasteiger partial charge in [-0.05, 0) is 31.2 Å². The Morgan fingerprint density at radius 2 is 1.90 bits per heavy atom. The predicted octanol–water partition coefficient (Wildman–Crippen LogP) is 3.82. The minimum absolute atomic E-state index is 0.0465. The highest BCUT2D eigenvalue weighted by Gasteiger charge is 2.14. The van der Waals surface area contributed by atoms with E-state index in [9.17, 15) is 14.7 Å². The van der Waals surface area contributed by atoms with E-state index in [-0.39, 0.29) is 23.7 Å². The SMILES string of the molecule is CC(=O)c1ccc(OCc2ccccc2Cl)c(C(=O)O)c1. The van der Waals surface area contributed by atoms with Crippen LogP contribution in [0.4, 0.5) is 0 Å². The van der Waals surface area contributed by atoms with Gasteiger partial charge >= 0.3 is 5.97 Å². The average molecular weight is 305 g/mol. The number of hydrogen-bond acceptors (Lipinski definition) is 3. The second kappa shape index (κ2) is 6.41. The molecule has 0 saturated carbocycles. The van der Waals surface area contributed by atoms with Gasteiger partial charge in [0.25, 0.3) is 0 Å². The van der Waals surface area contributed by atoms with Crippen LogP contribution in [-0.2, 0) is 6.61 Å². The van der Waals surface area contributed by atoms with Crippen LogP contribution in [0.15, 0.2) is 42.5 Å². The van der Waals surface area contributed by atoms with E-state index in [0.29, 0.717) is 10.6 Å². The summed E-state index contributed by atoms with van der Waals surface area (Å²) in [4.78, 5) is 22.6. The van der Waals surface area contributed by atoms with Gasteiger partial charge in [0, 0.05) is 16.1 Å². The second-order valence-corrected chi connectivity index (χ2v) is 4.86. The zero-order valence-electron chi connectivity index (χ0n) is 11.3. The van der Waals surface area contributed by atoms with Crippen molar-refractivity contribution in [3.8, 4) is 5.75 Å². The van der Waals surface area contributed by atoms with Crippen LogP contribution >= 0.6 is 11.6 Å². The van der Waals surface area contributed by atoms with E-state index < -0.39 is 5.97 Å². The van der Waals surface area contributed by atoms with Crippen LogP contribution < -0.4 is 4.74 Å². The number of hydrogen-bond donors (Lipinski definition) is 1. The van der Waals surface area contributed by atoms with Gasteiger partial charge < -0.3 is 9.84 Å². The zero-order valence-corrected chi connectivity index (χ0v) is 12.1. The molecule has 0 unspecified atom stereocenters. The molecule has 2 aromatic carbocycles. The number of Topliss-reactive ketones (excluding diaryl/α,β-unsaturated/α-hetero) is 1. The number of carbonyl (C=O) groups excluding carboxylic acids is 1. The van der Waals surface area contributed by atoms with Gasteiger partial charge in [0.2, 0.25) is 0 Å². The molecule has 2 rings (SSSR count). The fourth-order valence-corrected chi connectivity index (χ4v) is 2.00. The summed E-state index contributed by atoms with van der Waals surface area (Å²) in [7, 11) is 0. The van der Waals surface area contributed by atoms with Crippen LogP contribution in [0.5, 0.6) is 5.75 Å². The van der Waals surface area contributed by atoms with E-state index in [1.54, 1.807) is 18.2 Å². The topological polar surface area (TPSA) is 63.6 Å². The van der Waals surface area contributed by atoms with E-state index in [2.05, 4.69) is 0 Å². The molecule has 0 saturated heterocycles. The fourth-order valence-electron chi connectivity index (χ4n) is 1.81. The minimum Gasteiger partial charge on any atom is -0.488 e.